The molecule has 2 heterocycles. The van der Waals surface area contributed by atoms with Gasteiger partial charge in [-0.15, -0.1) is 0 Å². The lowest BCUT2D eigenvalue weighted by molar-refractivity contribution is -0.122. The molecule has 5 heteroatoms. The van der Waals surface area contributed by atoms with Crippen LogP contribution < -0.4 is 5.32 Å². The van der Waals surface area contributed by atoms with Crippen LogP contribution in [0.25, 0.3) is 0 Å². The standard InChI is InChI=1S/C14H18N2O2S/c1-9-13(10(2)18-16-9)14(3,4)15-12(17)7-11-5-6-19-8-11/h5-6,8H,7H2,1-4H3,(H,15,17). The molecule has 0 atom stereocenters. The van der Waals surface area contributed by atoms with E-state index in [0.29, 0.717) is 6.42 Å². The largest absolute Gasteiger partial charge is 0.361 e. The van der Waals surface area contributed by atoms with Gasteiger partial charge in [0.1, 0.15) is 5.76 Å². The van der Waals surface area contributed by atoms with E-state index in [1.54, 1.807) is 11.3 Å². The van der Waals surface area contributed by atoms with Gasteiger partial charge in [0.15, 0.2) is 0 Å². The van der Waals surface area contributed by atoms with Crippen molar-refractivity contribution in [2.75, 3.05) is 0 Å². The van der Waals surface area contributed by atoms with E-state index in [9.17, 15) is 4.79 Å². The van der Waals surface area contributed by atoms with Crippen molar-refractivity contribution in [3.05, 3.63) is 39.4 Å². The zero-order valence-electron chi connectivity index (χ0n) is 11.6. The van der Waals surface area contributed by atoms with Crippen molar-refractivity contribution in [3.8, 4) is 0 Å². The summed E-state index contributed by atoms with van der Waals surface area (Å²) >= 11 is 1.60. The molecule has 19 heavy (non-hydrogen) atoms. The average molecular weight is 278 g/mol. The number of carbonyl (C=O) groups is 1. The topological polar surface area (TPSA) is 55.1 Å². The Labute approximate surface area is 116 Å². The number of aromatic nitrogens is 1. The Morgan fingerprint density at radius 3 is 2.74 bits per heavy atom. The van der Waals surface area contributed by atoms with Crippen LogP contribution in [0.4, 0.5) is 0 Å². The molecule has 0 saturated carbocycles. The van der Waals surface area contributed by atoms with Crippen molar-refractivity contribution in [1.29, 1.82) is 0 Å². The normalized spacial score (nSPS) is 11.6. The maximum absolute atomic E-state index is 12.1. The van der Waals surface area contributed by atoms with Gasteiger partial charge in [0, 0.05) is 5.56 Å². The Morgan fingerprint density at radius 2 is 2.21 bits per heavy atom. The van der Waals surface area contributed by atoms with Crippen molar-refractivity contribution in [3.63, 3.8) is 0 Å². The Hall–Kier alpha value is -1.62. The molecular weight excluding hydrogens is 260 g/mol. The smallest absolute Gasteiger partial charge is 0.225 e. The molecule has 2 rings (SSSR count). The predicted octanol–water partition coefficient (Wildman–Crippen LogP) is 2.95. The van der Waals surface area contributed by atoms with Gasteiger partial charge in [-0.1, -0.05) is 5.16 Å². The van der Waals surface area contributed by atoms with Gasteiger partial charge < -0.3 is 9.84 Å². The van der Waals surface area contributed by atoms with E-state index >= 15 is 0 Å². The Morgan fingerprint density at radius 1 is 1.47 bits per heavy atom. The van der Waals surface area contributed by atoms with Crippen LogP contribution in [0.5, 0.6) is 0 Å². The van der Waals surface area contributed by atoms with E-state index in [4.69, 9.17) is 4.52 Å². The van der Waals surface area contributed by atoms with Crippen LogP contribution in [-0.2, 0) is 16.8 Å². The van der Waals surface area contributed by atoms with Crippen molar-refractivity contribution >= 4 is 17.2 Å². The highest BCUT2D eigenvalue weighted by atomic mass is 32.1. The molecule has 1 amide bonds. The van der Waals surface area contributed by atoms with Crippen molar-refractivity contribution in [2.24, 2.45) is 0 Å². The molecule has 0 unspecified atom stereocenters. The lowest BCUT2D eigenvalue weighted by Crippen LogP contribution is -2.42. The third kappa shape index (κ3) is 3.04. The minimum Gasteiger partial charge on any atom is -0.361 e. The second-order valence-corrected chi connectivity index (χ2v) is 5.96. The maximum Gasteiger partial charge on any atom is 0.225 e. The summed E-state index contributed by atoms with van der Waals surface area (Å²) < 4.78 is 5.17. The van der Waals surface area contributed by atoms with Crippen LogP contribution in [0, 0.1) is 13.8 Å². The summed E-state index contributed by atoms with van der Waals surface area (Å²) in [6.45, 7) is 7.68. The fourth-order valence-electron chi connectivity index (χ4n) is 2.41. The van der Waals surface area contributed by atoms with Gasteiger partial charge in [-0.25, -0.2) is 0 Å². The van der Waals surface area contributed by atoms with Crippen LogP contribution in [-0.4, -0.2) is 11.1 Å². The molecule has 102 valence electrons. The van der Waals surface area contributed by atoms with Gasteiger partial charge >= 0.3 is 0 Å². The number of thiophene rings is 1. The van der Waals surface area contributed by atoms with E-state index in [2.05, 4.69) is 10.5 Å². The zero-order chi connectivity index (χ0) is 14.0. The van der Waals surface area contributed by atoms with Gasteiger partial charge in [0.25, 0.3) is 0 Å². The van der Waals surface area contributed by atoms with E-state index < -0.39 is 5.54 Å². The number of amides is 1. The molecule has 1 N–H and O–H groups in total. The molecule has 2 aromatic heterocycles. The van der Waals surface area contributed by atoms with Crippen LogP contribution in [0.3, 0.4) is 0 Å². The fraction of sp³-hybridized carbons (Fsp3) is 0.429. The van der Waals surface area contributed by atoms with Crippen LogP contribution >= 0.6 is 11.3 Å². The molecule has 0 aliphatic heterocycles. The van der Waals surface area contributed by atoms with Gasteiger partial charge in [0.05, 0.1) is 17.7 Å². The molecule has 0 aliphatic carbocycles. The molecule has 0 radical (unpaired) electrons. The summed E-state index contributed by atoms with van der Waals surface area (Å²) in [4.78, 5) is 12.1. The molecule has 0 fully saturated rings. The first kappa shape index (κ1) is 13.8. The second-order valence-electron chi connectivity index (χ2n) is 5.18. The highest BCUT2D eigenvalue weighted by molar-refractivity contribution is 7.07. The lowest BCUT2D eigenvalue weighted by atomic mass is 9.92. The number of nitrogens with one attached hydrogen (secondary N) is 1. The average Bonchev–Trinajstić information content (AvgIpc) is 2.88. The molecule has 0 saturated heterocycles. The third-order valence-electron chi connectivity index (χ3n) is 3.06. The quantitative estimate of drug-likeness (QED) is 0.935. The van der Waals surface area contributed by atoms with Gasteiger partial charge in [0.2, 0.25) is 5.91 Å². The highest BCUT2D eigenvalue weighted by Gasteiger charge is 2.29. The number of carbonyl (C=O) groups excluding carboxylic acids is 1. The van der Waals surface area contributed by atoms with Crippen molar-refractivity contribution in [2.45, 2.75) is 39.7 Å². The monoisotopic (exact) mass is 278 g/mol. The molecule has 4 nitrogen and oxygen atoms in total. The van der Waals surface area contributed by atoms with Gasteiger partial charge in [-0.05, 0) is 50.1 Å². The minimum atomic E-state index is -0.485. The summed E-state index contributed by atoms with van der Waals surface area (Å²) in [7, 11) is 0. The summed E-state index contributed by atoms with van der Waals surface area (Å²) in [5, 5.41) is 10.9. The molecule has 0 spiro atoms. The van der Waals surface area contributed by atoms with Gasteiger partial charge in [-0.3, -0.25) is 4.79 Å². The number of hydrogen-bond acceptors (Lipinski definition) is 4. The first-order chi connectivity index (χ1) is 8.90. The molecule has 0 aromatic carbocycles. The SMILES string of the molecule is Cc1noc(C)c1C(C)(C)NC(=O)Cc1ccsc1. The minimum absolute atomic E-state index is 0.00315. The summed E-state index contributed by atoms with van der Waals surface area (Å²) in [5.41, 5.74) is 2.32. The summed E-state index contributed by atoms with van der Waals surface area (Å²) in [5.74, 6) is 0.752. The van der Waals surface area contributed by atoms with E-state index in [1.165, 1.54) is 0 Å². The first-order valence-corrected chi connectivity index (χ1v) is 7.10. The van der Waals surface area contributed by atoms with Crippen molar-refractivity contribution < 1.29 is 9.32 Å². The van der Waals surface area contributed by atoms with E-state index in [1.807, 2.05) is 44.5 Å². The lowest BCUT2D eigenvalue weighted by Gasteiger charge is -2.26. The zero-order valence-corrected chi connectivity index (χ0v) is 12.4. The van der Waals surface area contributed by atoms with E-state index in [-0.39, 0.29) is 5.91 Å². The molecule has 0 bridgehead atoms. The number of hydrogen-bond donors (Lipinski definition) is 1. The molecule has 2 aromatic rings. The molecular formula is C14H18N2O2S. The Bertz CT molecular complexity index is 551. The Balaban J connectivity index is 2.11. The number of rotatable bonds is 4. The van der Waals surface area contributed by atoms with Crippen LogP contribution in [0.1, 0.15) is 36.4 Å². The van der Waals surface area contributed by atoms with Gasteiger partial charge in [-0.2, -0.15) is 11.3 Å². The second kappa shape index (κ2) is 5.17. The highest BCUT2D eigenvalue weighted by Crippen LogP contribution is 2.26. The first-order valence-electron chi connectivity index (χ1n) is 6.15. The van der Waals surface area contributed by atoms with Crippen molar-refractivity contribution in [1.82, 2.24) is 10.5 Å². The summed E-state index contributed by atoms with van der Waals surface area (Å²) in [6, 6.07) is 1.97. The third-order valence-corrected chi connectivity index (χ3v) is 3.79. The fourth-order valence-corrected chi connectivity index (χ4v) is 3.08. The molecule has 0 aliphatic rings. The maximum atomic E-state index is 12.1. The van der Waals surface area contributed by atoms with Crippen LogP contribution in [0.15, 0.2) is 21.3 Å². The summed E-state index contributed by atoms with van der Waals surface area (Å²) in [6.07, 6.45) is 0.399. The number of aryl methyl sites for hydroxylation is 2. The predicted molar refractivity (Wildman–Crippen MR) is 75.2 cm³/mol. The Kier molecular flexibility index (Phi) is 3.75. The van der Waals surface area contributed by atoms with E-state index in [0.717, 1.165) is 22.6 Å². The van der Waals surface area contributed by atoms with Crippen LogP contribution in [0.2, 0.25) is 0 Å². The number of nitrogens with zero attached hydrogens (tertiary/aromatic N) is 1.